The Kier molecular flexibility index (Phi) is 6.16. The van der Waals surface area contributed by atoms with E-state index in [0.717, 1.165) is 18.0 Å². The number of para-hydroxylation sites is 2. The van der Waals surface area contributed by atoms with Crippen LogP contribution in [0.25, 0.3) is 0 Å². The minimum absolute atomic E-state index is 0.163. The average Bonchev–Trinajstić information content (AvgIpc) is 2.35. The average molecular weight is 265 g/mol. The summed E-state index contributed by atoms with van der Waals surface area (Å²) in [6.45, 7) is 13.0. The fraction of sp³-hybridized carbons (Fsp3) is 0.625. The summed E-state index contributed by atoms with van der Waals surface area (Å²) in [5, 5.41) is 3.48. The SMILES string of the molecule is CCNC(COc1ccccc1OCC)C(C)(C)C. The summed E-state index contributed by atoms with van der Waals surface area (Å²) < 4.78 is 11.5. The second kappa shape index (κ2) is 7.39. The topological polar surface area (TPSA) is 30.5 Å². The second-order valence-electron chi connectivity index (χ2n) is 5.67. The van der Waals surface area contributed by atoms with Gasteiger partial charge in [-0.1, -0.05) is 39.8 Å². The maximum absolute atomic E-state index is 5.94. The third-order valence-corrected chi connectivity index (χ3v) is 3.05. The van der Waals surface area contributed by atoms with Gasteiger partial charge in [0, 0.05) is 6.04 Å². The molecule has 0 heterocycles. The molecular weight excluding hydrogens is 238 g/mol. The molecule has 3 heteroatoms. The van der Waals surface area contributed by atoms with Crippen molar-refractivity contribution in [1.82, 2.24) is 5.32 Å². The Hall–Kier alpha value is -1.22. The maximum atomic E-state index is 5.94. The first-order valence-electron chi connectivity index (χ1n) is 7.07. The molecule has 0 aliphatic heterocycles. The van der Waals surface area contributed by atoms with Gasteiger partial charge in [0.15, 0.2) is 11.5 Å². The molecule has 3 nitrogen and oxygen atoms in total. The van der Waals surface area contributed by atoms with Gasteiger partial charge in [-0.25, -0.2) is 0 Å². The van der Waals surface area contributed by atoms with Crippen molar-refractivity contribution in [2.75, 3.05) is 19.8 Å². The van der Waals surface area contributed by atoms with Crippen molar-refractivity contribution < 1.29 is 9.47 Å². The van der Waals surface area contributed by atoms with Gasteiger partial charge in [-0.2, -0.15) is 0 Å². The van der Waals surface area contributed by atoms with Gasteiger partial charge in [-0.3, -0.25) is 0 Å². The fourth-order valence-electron chi connectivity index (χ4n) is 1.88. The summed E-state index contributed by atoms with van der Waals surface area (Å²) in [5.41, 5.74) is 0.163. The predicted octanol–water partition coefficient (Wildman–Crippen LogP) is 3.49. The van der Waals surface area contributed by atoms with Crippen LogP contribution in [-0.4, -0.2) is 25.8 Å². The minimum atomic E-state index is 0.163. The van der Waals surface area contributed by atoms with Gasteiger partial charge in [-0.05, 0) is 31.0 Å². The van der Waals surface area contributed by atoms with E-state index < -0.39 is 0 Å². The van der Waals surface area contributed by atoms with Crippen molar-refractivity contribution in [1.29, 1.82) is 0 Å². The van der Waals surface area contributed by atoms with E-state index in [0.29, 0.717) is 19.3 Å². The minimum Gasteiger partial charge on any atom is -0.490 e. The number of rotatable bonds is 7. The monoisotopic (exact) mass is 265 g/mol. The first-order chi connectivity index (χ1) is 8.99. The van der Waals surface area contributed by atoms with E-state index in [1.54, 1.807) is 0 Å². The summed E-state index contributed by atoms with van der Waals surface area (Å²) in [6, 6.07) is 8.14. The number of nitrogens with one attached hydrogen (secondary N) is 1. The largest absolute Gasteiger partial charge is 0.490 e. The molecule has 0 radical (unpaired) electrons. The highest BCUT2D eigenvalue weighted by Crippen LogP contribution is 2.28. The Balaban J connectivity index is 2.68. The molecule has 0 aliphatic carbocycles. The fourth-order valence-corrected chi connectivity index (χ4v) is 1.88. The van der Waals surface area contributed by atoms with E-state index in [-0.39, 0.29) is 5.41 Å². The van der Waals surface area contributed by atoms with Crippen molar-refractivity contribution in [3.63, 3.8) is 0 Å². The maximum Gasteiger partial charge on any atom is 0.161 e. The van der Waals surface area contributed by atoms with Crippen LogP contribution < -0.4 is 14.8 Å². The molecule has 0 fully saturated rings. The van der Waals surface area contributed by atoms with Crippen LogP contribution >= 0.6 is 0 Å². The van der Waals surface area contributed by atoms with Crippen LogP contribution in [0.1, 0.15) is 34.6 Å². The molecule has 0 amide bonds. The highest BCUT2D eigenvalue weighted by molar-refractivity contribution is 5.39. The van der Waals surface area contributed by atoms with Crippen LogP contribution in [0.2, 0.25) is 0 Å². The molecule has 1 unspecified atom stereocenters. The van der Waals surface area contributed by atoms with E-state index in [2.05, 4.69) is 33.0 Å². The molecule has 1 atom stereocenters. The molecule has 0 spiro atoms. The Morgan fingerprint density at radius 3 is 2.11 bits per heavy atom. The zero-order chi connectivity index (χ0) is 14.3. The first kappa shape index (κ1) is 15.8. The molecule has 108 valence electrons. The van der Waals surface area contributed by atoms with Crippen molar-refractivity contribution in [2.45, 2.75) is 40.7 Å². The van der Waals surface area contributed by atoms with Crippen molar-refractivity contribution >= 4 is 0 Å². The molecule has 19 heavy (non-hydrogen) atoms. The number of benzene rings is 1. The number of ether oxygens (including phenoxy) is 2. The van der Waals surface area contributed by atoms with Crippen molar-refractivity contribution in [3.8, 4) is 11.5 Å². The molecule has 1 N–H and O–H groups in total. The molecule has 0 saturated carbocycles. The summed E-state index contributed by atoms with van der Waals surface area (Å²) in [7, 11) is 0. The lowest BCUT2D eigenvalue weighted by Gasteiger charge is -2.31. The molecular formula is C16H27NO2. The lowest BCUT2D eigenvalue weighted by atomic mass is 9.87. The van der Waals surface area contributed by atoms with E-state index >= 15 is 0 Å². The molecule has 0 saturated heterocycles. The van der Waals surface area contributed by atoms with E-state index in [9.17, 15) is 0 Å². The highest BCUT2D eigenvalue weighted by atomic mass is 16.5. The van der Waals surface area contributed by atoms with Gasteiger partial charge in [0.05, 0.1) is 6.61 Å². The van der Waals surface area contributed by atoms with E-state index in [1.807, 2.05) is 31.2 Å². The molecule has 1 aromatic rings. The molecule has 1 rings (SSSR count). The highest BCUT2D eigenvalue weighted by Gasteiger charge is 2.24. The Morgan fingerprint density at radius 1 is 1.05 bits per heavy atom. The van der Waals surface area contributed by atoms with E-state index in [1.165, 1.54) is 0 Å². The van der Waals surface area contributed by atoms with Gasteiger partial charge in [0.1, 0.15) is 6.61 Å². The summed E-state index contributed by atoms with van der Waals surface area (Å²) in [6.07, 6.45) is 0. The van der Waals surface area contributed by atoms with Crippen LogP contribution in [0.5, 0.6) is 11.5 Å². The lowest BCUT2D eigenvalue weighted by molar-refractivity contribution is 0.170. The van der Waals surface area contributed by atoms with Crippen molar-refractivity contribution in [2.24, 2.45) is 5.41 Å². The van der Waals surface area contributed by atoms with Gasteiger partial charge in [0.2, 0.25) is 0 Å². The Labute approximate surface area is 117 Å². The third-order valence-electron chi connectivity index (χ3n) is 3.05. The molecule has 0 aromatic heterocycles. The summed E-state index contributed by atoms with van der Waals surface area (Å²) in [4.78, 5) is 0. The number of hydrogen-bond acceptors (Lipinski definition) is 3. The zero-order valence-corrected chi connectivity index (χ0v) is 12.8. The van der Waals surface area contributed by atoms with Crippen LogP contribution in [0.3, 0.4) is 0 Å². The lowest BCUT2D eigenvalue weighted by Crippen LogP contribution is -2.44. The van der Waals surface area contributed by atoms with Crippen LogP contribution in [0, 0.1) is 5.41 Å². The molecule has 0 bridgehead atoms. The van der Waals surface area contributed by atoms with E-state index in [4.69, 9.17) is 9.47 Å². The van der Waals surface area contributed by atoms with Gasteiger partial charge in [-0.15, -0.1) is 0 Å². The number of hydrogen-bond donors (Lipinski definition) is 1. The van der Waals surface area contributed by atoms with Gasteiger partial charge >= 0.3 is 0 Å². The normalized spacial score (nSPS) is 13.1. The van der Waals surface area contributed by atoms with Crippen LogP contribution in [-0.2, 0) is 0 Å². The predicted molar refractivity (Wildman–Crippen MR) is 80.0 cm³/mol. The van der Waals surface area contributed by atoms with Crippen LogP contribution in [0.15, 0.2) is 24.3 Å². The third kappa shape index (κ3) is 5.11. The van der Waals surface area contributed by atoms with Crippen LogP contribution in [0.4, 0.5) is 0 Å². The van der Waals surface area contributed by atoms with Gasteiger partial charge < -0.3 is 14.8 Å². The summed E-state index contributed by atoms with van der Waals surface area (Å²) in [5.74, 6) is 1.63. The molecule has 1 aromatic carbocycles. The van der Waals surface area contributed by atoms with Crippen molar-refractivity contribution in [3.05, 3.63) is 24.3 Å². The Morgan fingerprint density at radius 2 is 1.63 bits per heavy atom. The number of likely N-dealkylation sites (N-methyl/N-ethyl adjacent to an activating group) is 1. The quantitative estimate of drug-likeness (QED) is 0.818. The zero-order valence-electron chi connectivity index (χ0n) is 12.8. The Bertz CT molecular complexity index is 371. The van der Waals surface area contributed by atoms with Gasteiger partial charge in [0.25, 0.3) is 0 Å². The summed E-state index contributed by atoms with van der Waals surface area (Å²) >= 11 is 0. The smallest absolute Gasteiger partial charge is 0.161 e. The first-order valence-corrected chi connectivity index (χ1v) is 7.07. The standard InChI is InChI=1S/C16H27NO2/c1-6-17-15(16(3,4)5)12-19-14-11-9-8-10-13(14)18-7-2/h8-11,15,17H,6-7,12H2,1-5H3. The molecule has 0 aliphatic rings. The second-order valence-corrected chi connectivity index (χ2v) is 5.67.